The second kappa shape index (κ2) is 14.0. The smallest absolute Gasteiger partial charge is 0.341 e. The number of carbonyl (C=O) groups excluding carboxylic acids is 3. The molecule has 2 aromatic carbocycles. The summed E-state index contributed by atoms with van der Waals surface area (Å²) in [5.41, 5.74) is 3.20. The van der Waals surface area contributed by atoms with Crippen LogP contribution in [0.25, 0.3) is 10.9 Å². The first-order valence-electron chi connectivity index (χ1n) is 15.5. The second-order valence-electron chi connectivity index (χ2n) is 10.8. The quantitative estimate of drug-likeness (QED) is 0.0783. The third-order valence-electron chi connectivity index (χ3n) is 8.30. The summed E-state index contributed by atoms with van der Waals surface area (Å²) in [5, 5.41) is 0.877. The number of para-hydroxylation sites is 1. The molecule has 0 saturated carbocycles. The molecule has 1 radical (unpaired) electrons. The lowest BCUT2D eigenvalue weighted by atomic mass is 9.80. The average Bonchev–Trinajstić information content (AvgIpc) is 3.56. The Balaban J connectivity index is 1.75. The zero-order chi connectivity index (χ0) is 33.7. The van der Waals surface area contributed by atoms with Crippen molar-refractivity contribution >= 4 is 41.9 Å². The first-order valence-corrected chi connectivity index (χ1v) is 15.5. The van der Waals surface area contributed by atoms with Crippen LogP contribution in [-0.2, 0) is 29.4 Å². The molecular weight excluding hydrogens is 597 g/mol. The van der Waals surface area contributed by atoms with Crippen molar-refractivity contribution in [3.8, 4) is 5.75 Å². The molecular formula is C36H37BN3O7. The minimum Gasteiger partial charge on any atom is -0.489 e. The van der Waals surface area contributed by atoms with E-state index in [4.69, 9.17) is 23.9 Å². The molecule has 3 heterocycles. The molecule has 2 atom stereocenters. The Morgan fingerprint density at radius 3 is 2.51 bits per heavy atom. The summed E-state index contributed by atoms with van der Waals surface area (Å²) in [7, 11) is 1.97. The van der Waals surface area contributed by atoms with Gasteiger partial charge in [0.05, 0.1) is 5.56 Å². The van der Waals surface area contributed by atoms with Crippen LogP contribution in [-0.4, -0.2) is 67.2 Å². The Hall–Kier alpha value is -5.32. The molecule has 2 aromatic heterocycles. The lowest BCUT2D eigenvalue weighted by Crippen LogP contribution is -2.34. The van der Waals surface area contributed by atoms with Crippen molar-refractivity contribution in [3.05, 3.63) is 114 Å². The molecule has 11 heteroatoms. The maximum Gasteiger partial charge on any atom is 0.341 e. The first-order chi connectivity index (χ1) is 22.7. The van der Waals surface area contributed by atoms with Gasteiger partial charge in [-0.25, -0.2) is 14.4 Å². The van der Waals surface area contributed by atoms with Gasteiger partial charge in [-0.05, 0) is 51.1 Å². The maximum atomic E-state index is 13.7. The van der Waals surface area contributed by atoms with Crippen LogP contribution in [0.4, 0.5) is 5.69 Å². The van der Waals surface area contributed by atoms with Crippen molar-refractivity contribution in [1.29, 1.82) is 0 Å². The Morgan fingerprint density at radius 1 is 1.06 bits per heavy atom. The normalized spacial score (nSPS) is 15.7. The summed E-state index contributed by atoms with van der Waals surface area (Å²) < 4.78 is 25.7. The van der Waals surface area contributed by atoms with E-state index in [9.17, 15) is 14.4 Å². The zero-order valence-corrected chi connectivity index (χ0v) is 27.0. The van der Waals surface area contributed by atoms with Gasteiger partial charge in [0.25, 0.3) is 0 Å². The number of cyclic esters (lactones) is 1. The van der Waals surface area contributed by atoms with E-state index in [1.807, 2.05) is 63.6 Å². The van der Waals surface area contributed by atoms with Gasteiger partial charge in [-0.3, -0.25) is 4.98 Å². The molecule has 0 aliphatic carbocycles. The fourth-order valence-electron chi connectivity index (χ4n) is 6.20. The van der Waals surface area contributed by atoms with Gasteiger partial charge in [0.1, 0.15) is 24.7 Å². The van der Waals surface area contributed by atoms with Crippen molar-refractivity contribution in [1.82, 2.24) is 9.46 Å². The van der Waals surface area contributed by atoms with Crippen molar-refractivity contribution in [2.24, 2.45) is 0 Å². The van der Waals surface area contributed by atoms with E-state index in [1.54, 1.807) is 18.3 Å². The fourth-order valence-corrected chi connectivity index (χ4v) is 6.20. The van der Waals surface area contributed by atoms with Crippen molar-refractivity contribution in [3.63, 3.8) is 0 Å². The van der Waals surface area contributed by atoms with Crippen molar-refractivity contribution in [2.75, 3.05) is 31.2 Å². The number of carbonyl (C=O) groups is 3. The van der Waals surface area contributed by atoms with Gasteiger partial charge in [0.2, 0.25) is 13.0 Å². The summed E-state index contributed by atoms with van der Waals surface area (Å²) in [4.78, 5) is 44.7. The van der Waals surface area contributed by atoms with Crippen LogP contribution >= 0.6 is 0 Å². The summed E-state index contributed by atoms with van der Waals surface area (Å²) in [5.74, 6) is -1.53. The summed E-state index contributed by atoms with van der Waals surface area (Å²) in [6.45, 7) is 15.9. The van der Waals surface area contributed by atoms with Crippen LogP contribution < -0.4 is 9.64 Å². The van der Waals surface area contributed by atoms with Gasteiger partial charge in [-0.2, -0.15) is 0 Å². The summed E-state index contributed by atoms with van der Waals surface area (Å²) >= 11 is 0. The SMILES string of the molecule is C=CC(=O)OCC(COc1cc(N(CC)CC)ccc1C1(c2c(C)n([B]C)c3ccccc23)OC(=O)c2cccnc21)OC(=O)C=C. The number of esters is 3. The number of benzene rings is 2. The van der Waals surface area contributed by atoms with Gasteiger partial charge >= 0.3 is 17.9 Å². The number of anilines is 1. The lowest BCUT2D eigenvalue weighted by molar-refractivity contribution is -0.154. The third-order valence-corrected chi connectivity index (χ3v) is 8.30. The fraction of sp³-hybridized carbons (Fsp3) is 0.278. The molecule has 0 bridgehead atoms. The average molecular weight is 635 g/mol. The van der Waals surface area contributed by atoms with Crippen LogP contribution in [0.2, 0.25) is 6.82 Å². The van der Waals surface area contributed by atoms with Gasteiger partial charge in [-0.15, -0.1) is 0 Å². The highest BCUT2D eigenvalue weighted by Gasteiger charge is 2.54. The van der Waals surface area contributed by atoms with Gasteiger partial charge in [0, 0.05) is 70.9 Å². The maximum absolute atomic E-state index is 13.7. The standard InChI is InChI=1S/C36H37BN3O7/c1-7-31(41)45-22-25(46-32(42)8-2)21-44-30-20-24(39(9-3)10-4)17-18-28(30)36(34-27(35(43)47-36)15-13-19-38-34)33-23(5)40(37-6)29-16-12-11-14-26(29)33/h7-8,11-20,25H,1-2,9-10,21-22H2,3-6H3. The number of hydrogen-bond acceptors (Lipinski definition) is 9. The number of rotatable bonds is 14. The first kappa shape index (κ1) is 33.1. The number of aromatic nitrogens is 2. The minimum absolute atomic E-state index is 0.193. The molecule has 5 rings (SSSR count). The molecule has 0 saturated heterocycles. The largest absolute Gasteiger partial charge is 0.489 e. The molecule has 1 aliphatic heterocycles. The van der Waals surface area contributed by atoms with E-state index in [-0.39, 0.29) is 13.2 Å². The van der Waals surface area contributed by atoms with Crippen molar-refractivity contribution in [2.45, 2.75) is 39.3 Å². The van der Waals surface area contributed by atoms with Crippen LogP contribution in [0, 0.1) is 6.92 Å². The Kier molecular flexibility index (Phi) is 9.84. The molecule has 1 aliphatic rings. The molecule has 241 valence electrons. The predicted octanol–water partition coefficient (Wildman–Crippen LogP) is 5.37. The Morgan fingerprint density at radius 2 is 1.81 bits per heavy atom. The number of ether oxygens (including phenoxy) is 4. The number of hydrogen-bond donors (Lipinski definition) is 0. The van der Waals surface area contributed by atoms with Gasteiger partial charge in [0.15, 0.2) is 6.10 Å². The number of nitrogens with zero attached hydrogens (tertiary/aromatic N) is 3. The summed E-state index contributed by atoms with van der Waals surface area (Å²) in [6.07, 6.45) is 2.70. The Bertz CT molecular complexity index is 1850. The second-order valence-corrected chi connectivity index (χ2v) is 10.8. The molecule has 0 spiro atoms. The van der Waals surface area contributed by atoms with Gasteiger partial charge < -0.3 is 28.3 Å². The van der Waals surface area contributed by atoms with Gasteiger partial charge in [-0.1, -0.05) is 38.2 Å². The highest BCUT2D eigenvalue weighted by Crippen LogP contribution is 2.52. The minimum atomic E-state index is -1.51. The third kappa shape index (κ3) is 6.01. The monoisotopic (exact) mass is 634 g/mol. The molecule has 4 aromatic rings. The van der Waals surface area contributed by atoms with E-state index in [1.165, 1.54) is 0 Å². The highest BCUT2D eigenvalue weighted by atomic mass is 16.6. The van der Waals surface area contributed by atoms with E-state index >= 15 is 0 Å². The van der Waals surface area contributed by atoms with E-state index in [0.717, 1.165) is 53.1 Å². The number of fused-ring (bicyclic) bond motifs is 2. The lowest BCUT2D eigenvalue weighted by Gasteiger charge is -2.32. The molecule has 10 nitrogen and oxygen atoms in total. The molecule has 47 heavy (non-hydrogen) atoms. The number of pyridine rings is 1. The Labute approximate surface area is 274 Å². The molecule has 2 unspecified atom stereocenters. The van der Waals surface area contributed by atoms with Crippen LogP contribution in [0.3, 0.4) is 0 Å². The van der Waals surface area contributed by atoms with Crippen LogP contribution in [0.5, 0.6) is 5.75 Å². The zero-order valence-electron chi connectivity index (χ0n) is 27.0. The van der Waals surface area contributed by atoms with Crippen LogP contribution in [0.15, 0.2) is 86.1 Å². The highest BCUT2D eigenvalue weighted by molar-refractivity contribution is 6.34. The molecule has 0 N–H and O–H groups in total. The molecule has 0 fully saturated rings. The van der Waals surface area contributed by atoms with E-state index in [2.05, 4.69) is 36.4 Å². The predicted molar refractivity (Wildman–Crippen MR) is 180 cm³/mol. The topological polar surface area (TPSA) is 109 Å². The van der Waals surface area contributed by atoms with E-state index < -0.39 is 29.6 Å². The summed E-state index contributed by atoms with van der Waals surface area (Å²) in [6, 6.07) is 17.1. The van der Waals surface area contributed by atoms with Crippen molar-refractivity contribution < 1.29 is 33.3 Å². The molecule has 0 amide bonds. The van der Waals surface area contributed by atoms with E-state index in [0.29, 0.717) is 22.6 Å². The van der Waals surface area contributed by atoms with Crippen LogP contribution in [0.1, 0.15) is 46.7 Å².